The first-order chi connectivity index (χ1) is 13.2. The van der Waals surface area contributed by atoms with Gasteiger partial charge in [0.1, 0.15) is 0 Å². The highest BCUT2D eigenvalue weighted by atomic mass is 16.1. The van der Waals surface area contributed by atoms with Crippen LogP contribution in [0.3, 0.4) is 0 Å². The SMILES string of the molecule is CC(C)(C)C1=C/C(=C2\C=C(C(C)(C)C)C=C(C(C)(C)C)C2=O)C(=O)C(C(C)(C)C)=C1. The van der Waals surface area contributed by atoms with E-state index in [9.17, 15) is 9.59 Å². The van der Waals surface area contributed by atoms with Gasteiger partial charge in [0.05, 0.1) is 0 Å². The molecule has 0 aliphatic heterocycles. The van der Waals surface area contributed by atoms with Gasteiger partial charge in [-0.25, -0.2) is 0 Å². The van der Waals surface area contributed by atoms with Gasteiger partial charge in [-0.05, 0) is 45.0 Å². The molecule has 0 aromatic rings. The van der Waals surface area contributed by atoms with Crippen LogP contribution in [0, 0.1) is 21.7 Å². The van der Waals surface area contributed by atoms with Crippen LogP contribution in [0.1, 0.15) is 83.1 Å². The number of carbonyl (C=O) groups is 2. The van der Waals surface area contributed by atoms with Crippen LogP contribution < -0.4 is 0 Å². The molecule has 0 fully saturated rings. The summed E-state index contributed by atoms with van der Waals surface area (Å²) in [5, 5.41) is 0. The molecule has 0 saturated heterocycles. The van der Waals surface area contributed by atoms with Gasteiger partial charge in [0.2, 0.25) is 0 Å². The van der Waals surface area contributed by atoms with Crippen molar-refractivity contribution in [2.45, 2.75) is 83.1 Å². The lowest BCUT2D eigenvalue weighted by atomic mass is 9.69. The van der Waals surface area contributed by atoms with E-state index in [0.717, 1.165) is 22.3 Å². The number of hydrogen-bond donors (Lipinski definition) is 0. The van der Waals surface area contributed by atoms with Crippen LogP contribution in [0.15, 0.2) is 57.7 Å². The lowest BCUT2D eigenvalue weighted by molar-refractivity contribution is -0.115. The molecule has 0 atom stereocenters. The van der Waals surface area contributed by atoms with Gasteiger partial charge >= 0.3 is 0 Å². The number of ketones is 2. The molecule has 0 unspecified atom stereocenters. The highest BCUT2D eigenvalue weighted by molar-refractivity contribution is 6.22. The summed E-state index contributed by atoms with van der Waals surface area (Å²) < 4.78 is 0. The van der Waals surface area contributed by atoms with Crippen LogP contribution in [0.2, 0.25) is 0 Å². The predicted molar refractivity (Wildman–Crippen MR) is 127 cm³/mol. The molecule has 2 heteroatoms. The molecule has 30 heavy (non-hydrogen) atoms. The van der Waals surface area contributed by atoms with Crippen LogP contribution in [0.25, 0.3) is 0 Å². The Morgan fingerprint density at radius 3 is 0.900 bits per heavy atom. The average molecular weight is 409 g/mol. The quantitative estimate of drug-likeness (QED) is 0.393. The van der Waals surface area contributed by atoms with E-state index in [2.05, 4.69) is 83.1 Å². The van der Waals surface area contributed by atoms with Gasteiger partial charge in [-0.2, -0.15) is 0 Å². The van der Waals surface area contributed by atoms with E-state index in [0.29, 0.717) is 11.1 Å². The maximum atomic E-state index is 13.6. The minimum Gasteiger partial charge on any atom is -0.289 e. The lowest BCUT2D eigenvalue weighted by Gasteiger charge is -2.33. The van der Waals surface area contributed by atoms with E-state index >= 15 is 0 Å². The van der Waals surface area contributed by atoms with Crippen molar-refractivity contribution in [3.63, 3.8) is 0 Å². The summed E-state index contributed by atoms with van der Waals surface area (Å²) in [5.74, 6) is -0.0583. The topological polar surface area (TPSA) is 34.1 Å². The third kappa shape index (κ3) is 4.85. The minimum absolute atomic E-state index is 0.0291. The summed E-state index contributed by atoms with van der Waals surface area (Å²) in [6.07, 6.45) is 7.98. The zero-order valence-corrected chi connectivity index (χ0v) is 21.1. The standard InChI is InChI=1S/C28H40O2/c1-25(2,3)17-13-19(23(29)21(15-17)27(7,8)9)20-14-18(26(4,5)6)16-22(24(20)30)28(10,11)12/h13-16H,1-12H3/b20-19-. The van der Waals surface area contributed by atoms with Crippen molar-refractivity contribution in [2.24, 2.45) is 21.7 Å². The number of allylic oxidation sites excluding steroid dienone is 10. The van der Waals surface area contributed by atoms with Crippen molar-refractivity contribution in [3.8, 4) is 0 Å². The molecule has 164 valence electrons. The summed E-state index contributed by atoms with van der Waals surface area (Å²) in [5.41, 5.74) is 3.92. The predicted octanol–water partition coefficient (Wildman–Crippen LogP) is 7.34. The first-order valence-corrected chi connectivity index (χ1v) is 11.0. The Morgan fingerprint density at radius 1 is 0.433 bits per heavy atom. The molecule has 0 aromatic carbocycles. The van der Waals surface area contributed by atoms with Crippen LogP contribution in [0.4, 0.5) is 0 Å². The fourth-order valence-electron chi connectivity index (χ4n) is 3.64. The molecule has 0 amide bonds. The normalized spacial score (nSPS) is 21.9. The summed E-state index contributed by atoms with van der Waals surface area (Å²) in [7, 11) is 0. The van der Waals surface area contributed by atoms with Crippen molar-refractivity contribution < 1.29 is 9.59 Å². The monoisotopic (exact) mass is 408 g/mol. The third-order valence-electron chi connectivity index (χ3n) is 5.82. The largest absolute Gasteiger partial charge is 0.289 e. The Labute approximate surface area is 183 Å². The van der Waals surface area contributed by atoms with Crippen LogP contribution >= 0.6 is 0 Å². The molecular formula is C28H40O2. The second-order valence-electron chi connectivity index (χ2n) is 12.8. The summed E-state index contributed by atoms with van der Waals surface area (Å²) in [6.45, 7) is 25.2. The van der Waals surface area contributed by atoms with Crippen molar-refractivity contribution in [2.75, 3.05) is 0 Å². The molecule has 2 aliphatic carbocycles. The van der Waals surface area contributed by atoms with Gasteiger partial charge < -0.3 is 0 Å². The summed E-state index contributed by atoms with van der Waals surface area (Å²) in [6, 6.07) is 0. The van der Waals surface area contributed by atoms with Crippen LogP contribution in [-0.2, 0) is 9.59 Å². The zero-order valence-electron chi connectivity index (χ0n) is 21.1. The van der Waals surface area contributed by atoms with Gasteiger partial charge in [0.25, 0.3) is 0 Å². The number of Topliss-reactive ketones (excluding diaryl/α,β-unsaturated/α-hetero) is 2. The smallest absolute Gasteiger partial charge is 0.190 e. The van der Waals surface area contributed by atoms with Gasteiger partial charge in [-0.1, -0.05) is 95.2 Å². The molecular weight excluding hydrogens is 368 g/mol. The fourth-order valence-corrected chi connectivity index (χ4v) is 3.64. The Morgan fingerprint density at radius 2 is 0.700 bits per heavy atom. The fraction of sp³-hybridized carbons (Fsp3) is 0.571. The number of hydrogen-bond acceptors (Lipinski definition) is 2. The zero-order chi connectivity index (χ0) is 23.4. The van der Waals surface area contributed by atoms with Crippen LogP contribution in [0.5, 0.6) is 0 Å². The van der Waals surface area contributed by atoms with Crippen molar-refractivity contribution in [1.82, 2.24) is 0 Å². The Bertz CT molecular complexity index is 851. The molecule has 0 radical (unpaired) electrons. The van der Waals surface area contributed by atoms with Gasteiger partial charge in [0, 0.05) is 22.3 Å². The van der Waals surface area contributed by atoms with E-state index in [1.54, 1.807) is 0 Å². The van der Waals surface area contributed by atoms with Crippen LogP contribution in [-0.4, -0.2) is 11.6 Å². The second-order valence-corrected chi connectivity index (χ2v) is 12.8. The Balaban J connectivity index is 2.89. The lowest BCUT2D eigenvalue weighted by Crippen LogP contribution is -2.29. The van der Waals surface area contributed by atoms with Crippen molar-refractivity contribution >= 4 is 11.6 Å². The van der Waals surface area contributed by atoms with Crippen molar-refractivity contribution in [1.29, 1.82) is 0 Å². The summed E-state index contributed by atoms with van der Waals surface area (Å²) >= 11 is 0. The van der Waals surface area contributed by atoms with E-state index in [4.69, 9.17) is 0 Å². The molecule has 2 nitrogen and oxygen atoms in total. The Hall–Kier alpha value is -1.96. The first-order valence-electron chi connectivity index (χ1n) is 11.0. The van der Waals surface area contributed by atoms with Gasteiger partial charge in [-0.3, -0.25) is 9.59 Å². The molecule has 0 saturated carbocycles. The number of rotatable bonds is 0. The van der Waals surface area contributed by atoms with E-state index < -0.39 is 0 Å². The highest BCUT2D eigenvalue weighted by Gasteiger charge is 2.37. The molecule has 0 spiro atoms. The first kappa shape index (κ1) is 24.3. The summed E-state index contributed by atoms with van der Waals surface area (Å²) in [4.78, 5) is 27.3. The molecule has 2 aliphatic rings. The molecule has 0 aromatic heterocycles. The average Bonchev–Trinajstić information content (AvgIpc) is 2.51. The Kier molecular flexibility index (Phi) is 5.93. The van der Waals surface area contributed by atoms with E-state index in [1.807, 2.05) is 24.3 Å². The maximum absolute atomic E-state index is 13.6. The second kappa shape index (κ2) is 7.32. The minimum atomic E-state index is -0.301. The van der Waals surface area contributed by atoms with Crippen molar-refractivity contribution in [3.05, 3.63) is 57.7 Å². The third-order valence-corrected chi connectivity index (χ3v) is 5.82. The van der Waals surface area contributed by atoms with E-state index in [1.165, 1.54) is 0 Å². The molecule has 0 N–H and O–H groups in total. The molecule has 0 bridgehead atoms. The number of carbonyl (C=O) groups excluding carboxylic acids is 2. The molecule has 2 rings (SSSR count). The maximum Gasteiger partial charge on any atom is 0.190 e. The molecule has 0 heterocycles. The highest BCUT2D eigenvalue weighted by Crippen LogP contribution is 2.43. The van der Waals surface area contributed by atoms with Gasteiger partial charge in [0.15, 0.2) is 11.6 Å². The van der Waals surface area contributed by atoms with Gasteiger partial charge in [-0.15, -0.1) is 0 Å². The van der Waals surface area contributed by atoms with E-state index in [-0.39, 0.29) is 33.2 Å².